The molecule has 0 spiro atoms. The molecule has 0 amide bonds. The van der Waals surface area contributed by atoms with E-state index in [0.29, 0.717) is 24.2 Å². The molecule has 0 bridgehead atoms. The van der Waals surface area contributed by atoms with Gasteiger partial charge in [0.2, 0.25) is 0 Å². The molecule has 1 aliphatic rings. The molecule has 1 fully saturated rings. The molecule has 98 valence electrons. The first-order valence-corrected chi connectivity index (χ1v) is 6.21. The van der Waals surface area contributed by atoms with E-state index in [4.69, 9.17) is 9.84 Å². The largest absolute Gasteiger partial charge is 0.496 e. The zero-order valence-corrected chi connectivity index (χ0v) is 10.5. The number of carboxylic acid groups (broad SMARTS) is 1. The van der Waals surface area contributed by atoms with Crippen LogP contribution in [0.2, 0.25) is 0 Å². The lowest BCUT2D eigenvalue weighted by Crippen LogP contribution is -2.29. The van der Waals surface area contributed by atoms with Gasteiger partial charge in [-0.05, 0) is 25.0 Å². The molecular formula is C14H18O4. The zero-order valence-electron chi connectivity index (χ0n) is 10.5. The van der Waals surface area contributed by atoms with Crippen LogP contribution in [0.4, 0.5) is 0 Å². The van der Waals surface area contributed by atoms with Crippen LogP contribution in [0.5, 0.6) is 5.75 Å². The lowest BCUT2D eigenvalue weighted by Gasteiger charge is -2.33. The monoisotopic (exact) mass is 250 g/mol. The van der Waals surface area contributed by atoms with E-state index in [1.54, 1.807) is 6.07 Å². The molecular weight excluding hydrogens is 232 g/mol. The lowest BCUT2D eigenvalue weighted by atomic mass is 9.79. The van der Waals surface area contributed by atoms with E-state index in [-0.39, 0.29) is 5.56 Å². The van der Waals surface area contributed by atoms with Crippen LogP contribution in [0.15, 0.2) is 18.2 Å². The fraction of sp³-hybridized carbons (Fsp3) is 0.500. The van der Waals surface area contributed by atoms with Gasteiger partial charge in [-0.25, -0.2) is 4.79 Å². The predicted molar refractivity (Wildman–Crippen MR) is 66.9 cm³/mol. The first kappa shape index (κ1) is 12.9. The van der Waals surface area contributed by atoms with Crippen molar-refractivity contribution in [1.29, 1.82) is 0 Å². The smallest absolute Gasteiger partial charge is 0.335 e. The van der Waals surface area contributed by atoms with Crippen LogP contribution in [0.1, 0.15) is 48.0 Å². The van der Waals surface area contributed by atoms with Gasteiger partial charge < -0.3 is 14.9 Å². The number of rotatable bonds is 3. The molecule has 1 aromatic rings. The Morgan fingerprint density at radius 3 is 2.50 bits per heavy atom. The van der Waals surface area contributed by atoms with Crippen molar-refractivity contribution < 1.29 is 19.7 Å². The standard InChI is InChI=1S/C14H18O4/c1-18-12-9-10(13(15)16)5-6-11(12)14(17)7-3-2-4-8-14/h5-6,9,17H,2-4,7-8H2,1H3,(H,15,16). The van der Waals surface area contributed by atoms with Crippen LogP contribution < -0.4 is 4.74 Å². The van der Waals surface area contributed by atoms with Crippen LogP contribution in [-0.4, -0.2) is 23.3 Å². The molecule has 0 radical (unpaired) electrons. The Bertz CT molecular complexity index is 447. The summed E-state index contributed by atoms with van der Waals surface area (Å²) in [5, 5.41) is 19.6. The predicted octanol–water partition coefficient (Wildman–Crippen LogP) is 2.55. The number of carbonyl (C=O) groups is 1. The Morgan fingerprint density at radius 2 is 1.94 bits per heavy atom. The normalized spacial score (nSPS) is 18.3. The minimum Gasteiger partial charge on any atom is -0.496 e. The third kappa shape index (κ3) is 2.34. The van der Waals surface area contributed by atoms with Crippen molar-refractivity contribution in [3.05, 3.63) is 29.3 Å². The third-order valence-electron chi connectivity index (χ3n) is 3.63. The van der Waals surface area contributed by atoms with E-state index in [1.165, 1.54) is 19.2 Å². The molecule has 0 unspecified atom stereocenters. The molecule has 0 atom stereocenters. The summed E-state index contributed by atoms with van der Waals surface area (Å²) in [4.78, 5) is 10.9. The van der Waals surface area contributed by atoms with Crippen LogP contribution in [0, 0.1) is 0 Å². The van der Waals surface area contributed by atoms with Crippen molar-refractivity contribution in [3.8, 4) is 5.75 Å². The molecule has 0 heterocycles. The van der Waals surface area contributed by atoms with Crippen LogP contribution in [0.3, 0.4) is 0 Å². The maximum Gasteiger partial charge on any atom is 0.335 e. The number of hydrogen-bond acceptors (Lipinski definition) is 3. The molecule has 18 heavy (non-hydrogen) atoms. The van der Waals surface area contributed by atoms with Gasteiger partial charge in [-0.2, -0.15) is 0 Å². The summed E-state index contributed by atoms with van der Waals surface area (Å²) in [5.74, 6) is -0.533. The number of methoxy groups -OCH3 is 1. The molecule has 0 saturated heterocycles. The molecule has 1 saturated carbocycles. The summed E-state index contributed by atoms with van der Waals surface area (Å²) >= 11 is 0. The van der Waals surface area contributed by atoms with Crippen molar-refractivity contribution in [2.75, 3.05) is 7.11 Å². The summed E-state index contributed by atoms with van der Waals surface area (Å²) in [5.41, 5.74) is 0.00498. The van der Waals surface area contributed by atoms with Gasteiger partial charge in [0.15, 0.2) is 0 Å². The number of benzene rings is 1. The molecule has 1 aliphatic carbocycles. The maximum atomic E-state index is 10.9. The average molecular weight is 250 g/mol. The molecule has 1 aromatic carbocycles. The third-order valence-corrected chi connectivity index (χ3v) is 3.63. The van der Waals surface area contributed by atoms with Crippen molar-refractivity contribution >= 4 is 5.97 Å². The van der Waals surface area contributed by atoms with Crippen molar-refractivity contribution in [3.63, 3.8) is 0 Å². The molecule has 0 aromatic heterocycles. The molecule has 4 nitrogen and oxygen atoms in total. The van der Waals surface area contributed by atoms with Gasteiger partial charge in [0.1, 0.15) is 5.75 Å². The first-order chi connectivity index (χ1) is 8.57. The first-order valence-electron chi connectivity index (χ1n) is 6.21. The van der Waals surface area contributed by atoms with Crippen LogP contribution in [-0.2, 0) is 5.60 Å². The summed E-state index contributed by atoms with van der Waals surface area (Å²) in [6.45, 7) is 0. The van der Waals surface area contributed by atoms with E-state index >= 15 is 0 Å². The summed E-state index contributed by atoms with van der Waals surface area (Å²) < 4.78 is 5.23. The highest BCUT2D eigenvalue weighted by atomic mass is 16.5. The molecule has 2 rings (SSSR count). The highest BCUT2D eigenvalue weighted by molar-refractivity contribution is 5.88. The minimum atomic E-state index is -0.990. The fourth-order valence-electron chi connectivity index (χ4n) is 2.61. The number of aromatic carboxylic acids is 1. The Morgan fingerprint density at radius 1 is 1.28 bits per heavy atom. The maximum absolute atomic E-state index is 10.9. The Hall–Kier alpha value is -1.55. The highest BCUT2D eigenvalue weighted by Gasteiger charge is 2.34. The van der Waals surface area contributed by atoms with E-state index in [2.05, 4.69) is 0 Å². The number of aliphatic hydroxyl groups is 1. The second-order valence-corrected chi connectivity index (χ2v) is 4.81. The Labute approximate surface area is 106 Å². The number of ether oxygens (including phenoxy) is 1. The van der Waals surface area contributed by atoms with Gasteiger partial charge in [-0.1, -0.05) is 25.3 Å². The van der Waals surface area contributed by atoms with Gasteiger partial charge in [-0.3, -0.25) is 0 Å². The van der Waals surface area contributed by atoms with Crippen LogP contribution in [0.25, 0.3) is 0 Å². The fourth-order valence-corrected chi connectivity index (χ4v) is 2.61. The summed E-state index contributed by atoms with van der Waals surface area (Å²) in [6.07, 6.45) is 4.52. The molecule has 2 N–H and O–H groups in total. The van der Waals surface area contributed by atoms with Gasteiger partial charge in [0.25, 0.3) is 0 Å². The van der Waals surface area contributed by atoms with Crippen molar-refractivity contribution in [2.45, 2.75) is 37.7 Å². The summed E-state index contributed by atoms with van der Waals surface area (Å²) in [7, 11) is 1.50. The second kappa shape index (κ2) is 4.98. The van der Waals surface area contributed by atoms with Gasteiger partial charge in [0.05, 0.1) is 18.3 Å². The molecule has 4 heteroatoms. The number of carboxylic acids is 1. The topological polar surface area (TPSA) is 66.8 Å². The van der Waals surface area contributed by atoms with E-state index in [0.717, 1.165) is 19.3 Å². The van der Waals surface area contributed by atoms with Gasteiger partial charge >= 0.3 is 5.97 Å². The van der Waals surface area contributed by atoms with Crippen LogP contribution >= 0.6 is 0 Å². The van der Waals surface area contributed by atoms with E-state index < -0.39 is 11.6 Å². The second-order valence-electron chi connectivity index (χ2n) is 4.81. The average Bonchev–Trinajstić information content (AvgIpc) is 2.38. The van der Waals surface area contributed by atoms with E-state index in [1.807, 2.05) is 0 Å². The van der Waals surface area contributed by atoms with Crippen molar-refractivity contribution in [2.24, 2.45) is 0 Å². The Kier molecular flexibility index (Phi) is 3.57. The zero-order chi connectivity index (χ0) is 13.2. The minimum absolute atomic E-state index is 0.176. The highest BCUT2D eigenvalue weighted by Crippen LogP contribution is 2.41. The van der Waals surface area contributed by atoms with E-state index in [9.17, 15) is 9.90 Å². The quantitative estimate of drug-likeness (QED) is 0.865. The SMILES string of the molecule is COc1cc(C(=O)O)ccc1C1(O)CCCCC1. The van der Waals surface area contributed by atoms with Crippen molar-refractivity contribution in [1.82, 2.24) is 0 Å². The molecule has 0 aliphatic heterocycles. The van der Waals surface area contributed by atoms with Gasteiger partial charge in [-0.15, -0.1) is 0 Å². The lowest BCUT2D eigenvalue weighted by molar-refractivity contribution is -0.00262. The summed E-state index contributed by atoms with van der Waals surface area (Å²) in [6, 6.07) is 4.67. The number of hydrogen-bond donors (Lipinski definition) is 2. The van der Waals surface area contributed by atoms with Gasteiger partial charge in [0, 0.05) is 5.56 Å². The Balaban J connectivity index is 2.40.